The lowest BCUT2D eigenvalue weighted by atomic mass is 9.86. The number of piperidine rings is 1. The Kier molecular flexibility index (Phi) is 9.45. The van der Waals surface area contributed by atoms with E-state index in [-0.39, 0.29) is 23.6 Å². The van der Waals surface area contributed by atoms with Crippen LogP contribution >= 0.6 is 0 Å². The van der Waals surface area contributed by atoms with Crippen LogP contribution in [0.5, 0.6) is 5.75 Å². The van der Waals surface area contributed by atoms with Crippen LogP contribution in [0.1, 0.15) is 71.0 Å². The van der Waals surface area contributed by atoms with Gasteiger partial charge in [-0.3, -0.25) is 14.6 Å². The molecule has 0 spiro atoms. The van der Waals surface area contributed by atoms with Gasteiger partial charge in [0.2, 0.25) is 5.82 Å². The first-order valence-corrected chi connectivity index (χ1v) is 14.7. The van der Waals surface area contributed by atoms with Crippen molar-refractivity contribution in [3.8, 4) is 5.75 Å². The Hall–Kier alpha value is -2.76. The van der Waals surface area contributed by atoms with Crippen LogP contribution in [-0.4, -0.2) is 95.7 Å². The van der Waals surface area contributed by atoms with Crippen molar-refractivity contribution >= 4 is 5.91 Å². The highest BCUT2D eigenvalue weighted by molar-refractivity contribution is 5.93. The zero-order valence-electron chi connectivity index (χ0n) is 24.0. The summed E-state index contributed by atoms with van der Waals surface area (Å²) in [4.78, 5) is 26.5. The van der Waals surface area contributed by atoms with Gasteiger partial charge in [0.1, 0.15) is 5.75 Å². The second-order valence-corrected chi connectivity index (χ2v) is 11.3. The summed E-state index contributed by atoms with van der Waals surface area (Å²) in [5.74, 6) is -0.613. The van der Waals surface area contributed by atoms with Crippen LogP contribution in [0.3, 0.4) is 0 Å². The Morgan fingerprint density at radius 3 is 2.51 bits per heavy atom. The van der Waals surface area contributed by atoms with Crippen LogP contribution in [0.2, 0.25) is 0 Å². The fourth-order valence-electron chi connectivity index (χ4n) is 6.31. The van der Waals surface area contributed by atoms with Gasteiger partial charge in [-0.05, 0) is 75.3 Å². The number of nitrogens with zero attached hydrogens (tertiary/aromatic N) is 5. The maximum absolute atomic E-state index is 13.1. The number of fused-ring (bicyclic) bond motifs is 1. The van der Waals surface area contributed by atoms with Gasteiger partial charge in [-0.2, -0.15) is 13.2 Å². The minimum atomic E-state index is -4.63. The molecule has 4 heterocycles. The summed E-state index contributed by atoms with van der Waals surface area (Å²) in [5, 5.41) is 0. The summed E-state index contributed by atoms with van der Waals surface area (Å²) in [6.45, 7) is 11.5. The number of unbranched alkanes of at least 4 members (excludes halogenated alkanes) is 1. The molecule has 1 amide bonds. The Labute approximate surface area is 239 Å². The molecule has 0 N–H and O–H groups in total. The number of piperazine rings is 1. The van der Waals surface area contributed by atoms with Gasteiger partial charge in [0, 0.05) is 57.2 Å². The molecular weight excluding hydrogens is 535 g/mol. The average Bonchev–Trinajstić information content (AvgIpc) is 2.98. The molecular formula is C30H40F3N5O3. The summed E-state index contributed by atoms with van der Waals surface area (Å²) >= 11 is 0. The molecule has 3 saturated heterocycles. The van der Waals surface area contributed by atoms with E-state index in [9.17, 15) is 18.0 Å². The van der Waals surface area contributed by atoms with Crippen LogP contribution in [0.15, 0.2) is 24.5 Å². The number of morpholine rings is 1. The average molecular weight is 576 g/mol. The highest BCUT2D eigenvalue weighted by Crippen LogP contribution is 2.39. The molecule has 3 aliphatic rings. The van der Waals surface area contributed by atoms with Crippen molar-refractivity contribution in [1.82, 2.24) is 24.7 Å². The fourth-order valence-corrected chi connectivity index (χ4v) is 6.31. The van der Waals surface area contributed by atoms with E-state index in [4.69, 9.17) is 9.47 Å². The van der Waals surface area contributed by atoms with E-state index in [1.807, 2.05) is 0 Å². The third-order valence-corrected chi connectivity index (χ3v) is 8.75. The highest BCUT2D eigenvalue weighted by Gasteiger charge is 2.38. The number of alkyl halides is 3. The molecule has 2 aromatic rings. The van der Waals surface area contributed by atoms with Gasteiger partial charge in [0.25, 0.3) is 5.91 Å². The van der Waals surface area contributed by atoms with Crippen molar-refractivity contribution in [2.24, 2.45) is 0 Å². The standard InChI is InChI=1S/C30H40F3N5O3/c1-21-22(2)27(41-15-4-3-10-36-13-16-40-17-14-36)9-8-25(21)26-7-5-6-24-20-37(11-12-38(24)26)28(39)23-18-34-29(35-19-23)30(31,32)33/h8-9,18-19,24,26H,3-7,10-17,20H2,1-2H3/t24-,26+/m0/s1. The molecule has 0 aliphatic carbocycles. The first-order valence-electron chi connectivity index (χ1n) is 14.7. The van der Waals surface area contributed by atoms with Gasteiger partial charge in [-0.25, -0.2) is 9.97 Å². The number of ether oxygens (including phenoxy) is 2. The molecule has 0 bridgehead atoms. The maximum Gasteiger partial charge on any atom is 0.451 e. The van der Waals surface area contributed by atoms with Gasteiger partial charge in [0.05, 0.1) is 25.4 Å². The predicted molar refractivity (Wildman–Crippen MR) is 148 cm³/mol. The van der Waals surface area contributed by atoms with Gasteiger partial charge >= 0.3 is 6.18 Å². The van der Waals surface area contributed by atoms with Gasteiger partial charge in [-0.1, -0.05) is 6.07 Å². The quantitative estimate of drug-likeness (QED) is 0.425. The molecule has 0 unspecified atom stereocenters. The van der Waals surface area contributed by atoms with Crippen molar-refractivity contribution in [2.75, 3.05) is 59.1 Å². The van der Waals surface area contributed by atoms with Crippen LogP contribution in [0.4, 0.5) is 13.2 Å². The number of rotatable bonds is 8. The summed E-state index contributed by atoms with van der Waals surface area (Å²) < 4.78 is 50.1. The van der Waals surface area contributed by atoms with Crippen molar-refractivity contribution in [3.63, 3.8) is 0 Å². The molecule has 3 fully saturated rings. The lowest BCUT2D eigenvalue weighted by Gasteiger charge is -2.48. The number of halogens is 3. The molecule has 0 saturated carbocycles. The van der Waals surface area contributed by atoms with E-state index in [0.29, 0.717) is 26.2 Å². The molecule has 5 rings (SSSR count). The first-order chi connectivity index (χ1) is 19.7. The number of carbonyl (C=O) groups is 1. The van der Waals surface area contributed by atoms with E-state index in [1.165, 1.54) is 16.7 Å². The van der Waals surface area contributed by atoms with Crippen molar-refractivity contribution in [2.45, 2.75) is 64.2 Å². The van der Waals surface area contributed by atoms with Crippen molar-refractivity contribution < 1.29 is 27.4 Å². The number of carbonyl (C=O) groups excluding carboxylic acids is 1. The third kappa shape index (κ3) is 7.01. The Morgan fingerprint density at radius 1 is 1.02 bits per heavy atom. The number of hydrogen-bond acceptors (Lipinski definition) is 7. The number of hydrogen-bond donors (Lipinski definition) is 0. The molecule has 0 radical (unpaired) electrons. The fraction of sp³-hybridized carbons (Fsp3) is 0.633. The highest BCUT2D eigenvalue weighted by atomic mass is 19.4. The molecule has 2 atom stereocenters. The normalized spacial score (nSPS) is 22.4. The van der Waals surface area contributed by atoms with Crippen LogP contribution in [0, 0.1) is 13.8 Å². The van der Waals surface area contributed by atoms with Gasteiger partial charge < -0.3 is 14.4 Å². The Morgan fingerprint density at radius 2 is 1.78 bits per heavy atom. The smallest absolute Gasteiger partial charge is 0.451 e. The molecule has 1 aromatic carbocycles. The SMILES string of the molecule is Cc1c(OCCCCN2CCOCC2)ccc([C@H]2CCC[C@H]3CN(C(=O)c4cnc(C(F)(F)F)nc4)CCN32)c1C. The minimum absolute atomic E-state index is 0.0852. The number of aromatic nitrogens is 2. The second-order valence-electron chi connectivity index (χ2n) is 11.3. The van der Waals surface area contributed by atoms with E-state index in [2.05, 4.69) is 45.7 Å². The predicted octanol–water partition coefficient (Wildman–Crippen LogP) is 4.66. The van der Waals surface area contributed by atoms with E-state index in [1.54, 1.807) is 4.90 Å². The zero-order valence-corrected chi connectivity index (χ0v) is 24.0. The van der Waals surface area contributed by atoms with Gasteiger partial charge in [-0.15, -0.1) is 0 Å². The molecule has 1 aromatic heterocycles. The zero-order chi connectivity index (χ0) is 29.0. The topological polar surface area (TPSA) is 71.0 Å². The first kappa shape index (κ1) is 29.7. The van der Waals surface area contributed by atoms with Crippen LogP contribution in [-0.2, 0) is 10.9 Å². The van der Waals surface area contributed by atoms with E-state index < -0.39 is 12.0 Å². The van der Waals surface area contributed by atoms with Crippen LogP contribution in [0.25, 0.3) is 0 Å². The molecule has 11 heteroatoms. The van der Waals surface area contributed by atoms with E-state index >= 15 is 0 Å². The van der Waals surface area contributed by atoms with Crippen molar-refractivity contribution in [1.29, 1.82) is 0 Å². The molecule has 3 aliphatic heterocycles. The van der Waals surface area contributed by atoms with Crippen LogP contribution < -0.4 is 4.74 Å². The second kappa shape index (κ2) is 13.0. The lowest BCUT2D eigenvalue weighted by Crippen LogP contribution is -2.57. The summed E-state index contributed by atoms with van der Waals surface area (Å²) in [7, 11) is 0. The lowest BCUT2D eigenvalue weighted by molar-refractivity contribution is -0.145. The van der Waals surface area contributed by atoms with Crippen molar-refractivity contribution in [3.05, 3.63) is 52.6 Å². The number of benzene rings is 1. The summed E-state index contributed by atoms with van der Waals surface area (Å²) in [6, 6.07) is 4.77. The van der Waals surface area contributed by atoms with Gasteiger partial charge in [0.15, 0.2) is 0 Å². The monoisotopic (exact) mass is 575 g/mol. The largest absolute Gasteiger partial charge is 0.493 e. The minimum Gasteiger partial charge on any atom is -0.493 e. The summed E-state index contributed by atoms with van der Waals surface area (Å²) in [6.07, 6.45) is 2.55. The molecule has 41 heavy (non-hydrogen) atoms. The third-order valence-electron chi connectivity index (χ3n) is 8.75. The van der Waals surface area contributed by atoms with E-state index in [0.717, 1.165) is 83.1 Å². The maximum atomic E-state index is 13.1. The molecule has 224 valence electrons. The summed E-state index contributed by atoms with van der Waals surface area (Å²) in [5.41, 5.74) is 3.82. The number of amides is 1. The molecule has 8 nitrogen and oxygen atoms in total. The Bertz CT molecular complexity index is 1190. The Balaban J connectivity index is 1.17.